The van der Waals surface area contributed by atoms with Crippen molar-refractivity contribution in [2.45, 2.75) is 13.8 Å². The fraction of sp³-hybridized carbons (Fsp3) is 0.0370. The Hall–Kier alpha value is -6.96. The second kappa shape index (κ2) is 16.0. The van der Waals surface area contributed by atoms with Crippen LogP contribution in [-0.2, 0) is 0 Å². The van der Waals surface area contributed by atoms with Gasteiger partial charge in [-0.15, -0.1) is 0 Å². The Balaban J connectivity index is 1.44. The number of rotatable bonds is 9. The van der Waals surface area contributed by atoms with Gasteiger partial charge in [-0.2, -0.15) is 0 Å². The quantitative estimate of drug-likeness (QED) is 0.135. The van der Waals surface area contributed by atoms with Gasteiger partial charge in [0.25, 0.3) is 0 Å². The Morgan fingerprint density at radius 2 is 1.04 bits per heavy atom. The molecule has 0 N–H and O–H groups in total. The van der Waals surface area contributed by atoms with Crippen molar-refractivity contribution < 1.29 is 0 Å². The molecule has 0 saturated heterocycles. The summed E-state index contributed by atoms with van der Waals surface area (Å²) in [5.41, 5.74) is 13.9. The van der Waals surface area contributed by atoms with Gasteiger partial charge in [0.1, 0.15) is 0 Å². The Kier molecular flexibility index (Phi) is 10.2. The zero-order chi connectivity index (χ0) is 37.6. The molecule has 0 aliphatic carbocycles. The predicted octanol–water partition coefficient (Wildman–Crippen LogP) is 13.5. The van der Waals surface area contributed by atoms with Crippen LogP contribution in [0.4, 0.5) is 11.4 Å². The number of hydrogen-bond acceptors (Lipinski definition) is 1. The third-order valence-electron chi connectivity index (χ3n) is 10.4. The summed E-state index contributed by atoms with van der Waals surface area (Å²) in [5.74, 6) is 0. The van der Waals surface area contributed by atoms with Crippen molar-refractivity contribution in [3.05, 3.63) is 223 Å². The molecule has 0 radical (unpaired) electrons. The highest BCUT2D eigenvalue weighted by atomic mass is 15.1. The lowest BCUT2D eigenvalue weighted by Crippen LogP contribution is -2.31. The van der Waals surface area contributed by atoms with Crippen LogP contribution in [0.25, 0.3) is 73.1 Å². The molecule has 0 fully saturated rings. The first kappa shape index (κ1) is 35.1. The monoisotopic (exact) mass is 705 g/mol. The van der Waals surface area contributed by atoms with Crippen LogP contribution >= 0.6 is 0 Å². The van der Waals surface area contributed by atoms with E-state index in [4.69, 9.17) is 0 Å². The molecule has 1 nitrogen and oxygen atoms in total. The third kappa shape index (κ3) is 7.09. The third-order valence-corrected chi connectivity index (χ3v) is 10.4. The highest BCUT2D eigenvalue weighted by Gasteiger charge is 2.20. The van der Waals surface area contributed by atoms with Crippen LogP contribution < -0.4 is 15.3 Å². The van der Waals surface area contributed by atoms with Crippen LogP contribution in [0, 0.1) is 0 Å². The van der Waals surface area contributed by atoms with E-state index in [2.05, 4.69) is 226 Å². The minimum absolute atomic E-state index is 1.08. The Morgan fingerprint density at radius 3 is 1.71 bits per heavy atom. The first-order valence-corrected chi connectivity index (χ1v) is 18.9. The molecule has 8 aromatic carbocycles. The summed E-state index contributed by atoms with van der Waals surface area (Å²) < 4.78 is 0. The molecule has 0 spiro atoms. The van der Waals surface area contributed by atoms with Gasteiger partial charge in [-0.25, -0.2) is 0 Å². The van der Waals surface area contributed by atoms with Crippen molar-refractivity contribution in [2.24, 2.45) is 0 Å². The van der Waals surface area contributed by atoms with E-state index in [9.17, 15) is 0 Å². The molecular formula is C54H43N. The van der Waals surface area contributed by atoms with Gasteiger partial charge in [0, 0.05) is 22.3 Å². The van der Waals surface area contributed by atoms with Crippen molar-refractivity contribution in [2.75, 3.05) is 4.90 Å². The van der Waals surface area contributed by atoms with Gasteiger partial charge in [0.2, 0.25) is 0 Å². The van der Waals surface area contributed by atoms with Gasteiger partial charge in [-0.05, 0) is 104 Å². The number of hydrogen-bond donors (Lipinski definition) is 0. The fourth-order valence-electron chi connectivity index (χ4n) is 7.78. The molecule has 0 unspecified atom stereocenters. The molecular weight excluding hydrogens is 663 g/mol. The highest BCUT2D eigenvalue weighted by Crippen LogP contribution is 2.43. The van der Waals surface area contributed by atoms with Crippen LogP contribution in [0.5, 0.6) is 0 Å². The molecule has 1 heteroatoms. The first-order chi connectivity index (χ1) is 27.1. The van der Waals surface area contributed by atoms with E-state index in [1.54, 1.807) is 0 Å². The summed E-state index contributed by atoms with van der Waals surface area (Å²) in [6.45, 7) is 8.31. The number of nitrogens with zero attached hydrogens (tertiary/aromatic N) is 1. The molecule has 0 bridgehead atoms. The van der Waals surface area contributed by atoms with Gasteiger partial charge in [0.05, 0.1) is 0 Å². The second-order valence-corrected chi connectivity index (χ2v) is 13.7. The van der Waals surface area contributed by atoms with Crippen molar-refractivity contribution in [1.82, 2.24) is 0 Å². The van der Waals surface area contributed by atoms with Gasteiger partial charge < -0.3 is 4.90 Å². The van der Waals surface area contributed by atoms with E-state index in [0.717, 1.165) is 33.8 Å². The average molecular weight is 706 g/mol. The highest BCUT2D eigenvalue weighted by molar-refractivity contribution is 6.02. The summed E-state index contributed by atoms with van der Waals surface area (Å²) in [7, 11) is 0. The lowest BCUT2D eigenvalue weighted by Gasteiger charge is -2.29. The lowest BCUT2D eigenvalue weighted by atomic mass is 9.90. The maximum atomic E-state index is 3.95. The molecule has 0 aromatic heterocycles. The van der Waals surface area contributed by atoms with Gasteiger partial charge in [-0.3, -0.25) is 0 Å². The van der Waals surface area contributed by atoms with Crippen molar-refractivity contribution in [1.29, 1.82) is 0 Å². The van der Waals surface area contributed by atoms with Crippen LogP contribution in [0.3, 0.4) is 0 Å². The van der Waals surface area contributed by atoms with Gasteiger partial charge in [-0.1, -0.05) is 195 Å². The zero-order valence-corrected chi connectivity index (χ0v) is 31.4. The van der Waals surface area contributed by atoms with E-state index in [0.29, 0.717) is 0 Å². The minimum Gasteiger partial charge on any atom is -0.314 e. The summed E-state index contributed by atoms with van der Waals surface area (Å²) in [4.78, 5) is 2.44. The molecule has 8 rings (SSSR count). The fourth-order valence-corrected chi connectivity index (χ4v) is 7.78. The van der Waals surface area contributed by atoms with E-state index in [1.165, 1.54) is 54.6 Å². The molecule has 264 valence electrons. The SMILES string of the molecule is C=C/C=C\c1ccccc1-c1cc(N(/C(C)=c2\cccc\c2=C\C)c2ccc(-c3ccccc3)c(-c3cccc4ccccc34)c2)ccc1-c1ccccc1. The van der Waals surface area contributed by atoms with E-state index >= 15 is 0 Å². The van der Waals surface area contributed by atoms with E-state index in [-0.39, 0.29) is 0 Å². The molecule has 0 amide bonds. The number of allylic oxidation sites excluding steroid dienone is 2. The standard InChI is InChI=1S/C54H43N/c1-4-6-20-41-26-15-18-31-49(41)53-37-45(33-35-50(53)42-22-9-7-10-23-42)55(39(3)47-29-16-13-21-40(47)5-2)46-34-36-51(43-24-11-8-12-25-43)54(38-46)52-32-19-28-44-27-14-17-30-48(44)52/h4-38H,1H2,2-3H3/b20-6-,40-5-,47-39+. The maximum Gasteiger partial charge on any atom is 0.0465 e. The largest absolute Gasteiger partial charge is 0.314 e. The molecule has 55 heavy (non-hydrogen) atoms. The summed E-state index contributed by atoms with van der Waals surface area (Å²) in [6, 6.07) is 68.0. The van der Waals surface area contributed by atoms with E-state index < -0.39 is 0 Å². The molecule has 0 aliphatic heterocycles. The molecule has 0 aliphatic rings. The molecule has 0 atom stereocenters. The average Bonchev–Trinajstić information content (AvgIpc) is 3.26. The second-order valence-electron chi connectivity index (χ2n) is 13.7. The predicted molar refractivity (Wildman–Crippen MR) is 238 cm³/mol. The zero-order valence-electron chi connectivity index (χ0n) is 31.4. The summed E-state index contributed by atoms with van der Waals surface area (Å²) in [5, 5.41) is 4.84. The van der Waals surface area contributed by atoms with Gasteiger partial charge >= 0.3 is 0 Å². The minimum atomic E-state index is 1.08. The van der Waals surface area contributed by atoms with Gasteiger partial charge in [0.15, 0.2) is 0 Å². The van der Waals surface area contributed by atoms with Crippen LogP contribution in [-0.4, -0.2) is 0 Å². The Labute approximate surface area is 324 Å². The topological polar surface area (TPSA) is 3.24 Å². The summed E-state index contributed by atoms with van der Waals surface area (Å²) in [6.07, 6.45) is 8.19. The first-order valence-electron chi connectivity index (χ1n) is 18.9. The number of fused-ring (bicyclic) bond motifs is 1. The van der Waals surface area contributed by atoms with E-state index in [1.807, 2.05) is 12.2 Å². The number of benzene rings is 8. The molecule has 0 saturated carbocycles. The van der Waals surface area contributed by atoms with Crippen LogP contribution in [0.1, 0.15) is 19.4 Å². The van der Waals surface area contributed by atoms with Crippen LogP contribution in [0.15, 0.2) is 207 Å². The smallest absolute Gasteiger partial charge is 0.0465 e. The Bertz CT molecular complexity index is 2790. The Morgan fingerprint density at radius 1 is 0.491 bits per heavy atom. The molecule has 8 aromatic rings. The van der Waals surface area contributed by atoms with Crippen molar-refractivity contribution in [3.63, 3.8) is 0 Å². The lowest BCUT2D eigenvalue weighted by molar-refractivity contribution is 1.25. The summed E-state index contributed by atoms with van der Waals surface area (Å²) >= 11 is 0. The number of anilines is 2. The van der Waals surface area contributed by atoms with Crippen molar-refractivity contribution in [3.8, 4) is 44.5 Å². The van der Waals surface area contributed by atoms with Crippen LogP contribution in [0.2, 0.25) is 0 Å². The normalized spacial score (nSPS) is 12.2. The molecule has 0 heterocycles. The van der Waals surface area contributed by atoms with Crippen molar-refractivity contribution >= 4 is 40.0 Å². The maximum absolute atomic E-state index is 3.95.